The second-order valence-corrected chi connectivity index (χ2v) is 4.95. The van der Waals surface area contributed by atoms with E-state index >= 15 is 0 Å². The van der Waals surface area contributed by atoms with Crippen molar-refractivity contribution in [1.82, 2.24) is 0 Å². The Kier molecular flexibility index (Phi) is 3.60. The van der Waals surface area contributed by atoms with Gasteiger partial charge in [0.15, 0.2) is 0 Å². The zero-order chi connectivity index (χ0) is 13.2. The van der Waals surface area contributed by atoms with Gasteiger partial charge in [-0.05, 0) is 42.9 Å². The van der Waals surface area contributed by atoms with Gasteiger partial charge in [-0.15, -0.1) is 0 Å². The molecule has 1 aliphatic rings. The molecule has 98 valence electrons. The monoisotopic (exact) mass is 248 g/mol. The van der Waals surface area contributed by atoms with E-state index in [9.17, 15) is 4.79 Å². The smallest absolute Gasteiger partial charge is 0.312 e. The topological polar surface area (TPSA) is 35.5 Å². The van der Waals surface area contributed by atoms with Crippen LogP contribution in [0, 0.1) is 5.41 Å². The molecule has 0 unspecified atom stereocenters. The molecule has 18 heavy (non-hydrogen) atoms. The highest BCUT2D eigenvalue weighted by Gasteiger charge is 2.50. The highest BCUT2D eigenvalue weighted by atomic mass is 16.5. The molecule has 1 aromatic carbocycles. The van der Waals surface area contributed by atoms with E-state index in [2.05, 4.69) is 13.0 Å². The first-order valence-corrected chi connectivity index (χ1v) is 6.39. The summed E-state index contributed by atoms with van der Waals surface area (Å²) in [6.07, 6.45) is 3.58. The second kappa shape index (κ2) is 5.01. The van der Waals surface area contributed by atoms with Crippen molar-refractivity contribution >= 4 is 5.97 Å². The van der Waals surface area contributed by atoms with Gasteiger partial charge in [0.05, 0.1) is 19.6 Å². The average Bonchev–Trinajstić information content (AvgIpc) is 3.18. The SMILES string of the molecule is CCc1cc(CC2(C(=O)OC)CC2)ccc1OC. The van der Waals surface area contributed by atoms with Crippen LogP contribution in [0.3, 0.4) is 0 Å². The van der Waals surface area contributed by atoms with Crippen LogP contribution < -0.4 is 4.74 Å². The molecule has 0 radical (unpaired) electrons. The number of aryl methyl sites for hydroxylation is 1. The van der Waals surface area contributed by atoms with Crippen molar-refractivity contribution < 1.29 is 14.3 Å². The van der Waals surface area contributed by atoms with E-state index in [0.29, 0.717) is 0 Å². The standard InChI is InChI=1S/C15H20O3/c1-4-12-9-11(5-6-13(12)17-2)10-15(7-8-15)14(16)18-3/h5-6,9H,4,7-8,10H2,1-3H3. The average molecular weight is 248 g/mol. The lowest BCUT2D eigenvalue weighted by atomic mass is 9.95. The molecule has 1 fully saturated rings. The molecule has 1 saturated carbocycles. The fourth-order valence-corrected chi connectivity index (χ4v) is 2.43. The molecule has 2 rings (SSSR count). The molecule has 0 spiro atoms. The molecule has 0 atom stereocenters. The minimum Gasteiger partial charge on any atom is -0.496 e. The van der Waals surface area contributed by atoms with Crippen LogP contribution in [0.4, 0.5) is 0 Å². The van der Waals surface area contributed by atoms with Gasteiger partial charge in [-0.2, -0.15) is 0 Å². The lowest BCUT2D eigenvalue weighted by molar-refractivity contribution is -0.147. The Labute approximate surface area is 108 Å². The number of esters is 1. The van der Waals surface area contributed by atoms with Crippen LogP contribution in [0.15, 0.2) is 18.2 Å². The van der Waals surface area contributed by atoms with Crippen molar-refractivity contribution in [2.24, 2.45) is 5.41 Å². The van der Waals surface area contributed by atoms with Crippen LogP contribution in [0.5, 0.6) is 5.75 Å². The van der Waals surface area contributed by atoms with E-state index in [1.165, 1.54) is 18.2 Å². The molecular weight excluding hydrogens is 228 g/mol. The van der Waals surface area contributed by atoms with E-state index in [4.69, 9.17) is 9.47 Å². The Morgan fingerprint density at radius 1 is 1.33 bits per heavy atom. The molecule has 0 amide bonds. The second-order valence-electron chi connectivity index (χ2n) is 4.95. The number of ether oxygens (including phenoxy) is 2. The summed E-state index contributed by atoms with van der Waals surface area (Å²) in [4.78, 5) is 11.7. The van der Waals surface area contributed by atoms with Gasteiger partial charge in [0.25, 0.3) is 0 Å². The van der Waals surface area contributed by atoms with Crippen molar-refractivity contribution in [3.63, 3.8) is 0 Å². The van der Waals surface area contributed by atoms with Crippen molar-refractivity contribution in [3.8, 4) is 5.75 Å². The van der Waals surface area contributed by atoms with Gasteiger partial charge in [0.1, 0.15) is 5.75 Å². The van der Waals surface area contributed by atoms with Gasteiger partial charge in [0, 0.05) is 0 Å². The highest BCUT2D eigenvalue weighted by molar-refractivity contribution is 5.80. The van der Waals surface area contributed by atoms with Crippen LogP contribution >= 0.6 is 0 Å². The number of benzene rings is 1. The Morgan fingerprint density at radius 3 is 2.56 bits per heavy atom. The lowest BCUT2D eigenvalue weighted by Crippen LogP contribution is -2.20. The van der Waals surface area contributed by atoms with Crippen LogP contribution in [0.25, 0.3) is 0 Å². The summed E-state index contributed by atoms with van der Waals surface area (Å²) in [5.41, 5.74) is 2.13. The lowest BCUT2D eigenvalue weighted by Gasteiger charge is -2.14. The third kappa shape index (κ3) is 2.35. The van der Waals surface area contributed by atoms with Crippen molar-refractivity contribution in [2.75, 3.05) is 14.2 Å². The Hall–Kier alpha value is -1.51. The number of hydrogen-bond donors (Lipinski definition) is 0. The normalized spacial score (nSPS) is 16.2. The van der Waals surface area contributed by atoms with Gasteiger partial charge in [-0.3, -0.25) is 4.79 Å². The first-order chi connectivity index (χ1) is 8.65. The third-order valence-corrected chi connectivity index (χ3v) is 3.74. The van der Waals surface area contributed by atoms with Gasteiger partial charge in [0.2, 0.25) is 0 Å². The third-order valence-electron chi connectivity index (χ3n) is 3.74. The van der Waals surface area contributed by atoms with Crippen LogP contribution in [0.2, 0.25) is 0 Å². The number of rotatable bonds is 5. The summed E-state index contributed by atoms with van der Waals surface area (Å²) in [5.74, 6) is 0.848. The summed E-state index contributed by atoms with van der Waals surface area (Å²) < 4.78 is 10.2. The zero-order valence-electron chi connectivity index (χ0n) is 11.3. The first kappa shape index (κ1) is 12.9. The maximum absolute atomic E-state index is 11.7. The summed E-state index contributed by atoms with van der Waals surface area (Å²) in [6, 6.07) is 6.17. The number of methoxy groups -OCH3 is 2. The van der Waals surface area contributed by atoms with Crippen molar-refractivity contribution in [2.45, 2.75) is 32.6 Å². The number of carbonyl (C=O) groups is 1. The van der Waals surface area contributed by atoms with Crippen LogP contribution in [-0.4, -0.2) is 20.2 Å². The van der Waals surface area contributed by atoms with E-state index in [1.54, 1.807) is 7.11 Å². The van der Waals surface area contributed by atoms with Crippen LogP contribution in [0.1, 0.15) is 30.9 Å². The van der Waals surface area contributed by atoms with Crippen molar-refractivity contribution in [1.29, 1.82) is 0 Å². The quantitative estimate of drug-likeness (QED) is 0.752. The largest absolute Gasteiger partial charge is 0.496 e. The van der Waals surface area contributed by atoms with E-state index < -0.39 is 0 Å². The van der Waals surface area contributed by atoms with Gasteiger partial charge < -0.3 is 9.47 Å². The summed E-state index contributed by atoms with van der Waals surface area (Å²) in [7, 11) is 3.15. The minimum absolute atomic E-state index is 0.0728. The fourth-order valence-electron chi connectivity index (χ4n) is 2.43. The van der Waals surface area contributed by atoms with E-state index in [-0.39, 0.29) is 11.4 Å². The fraction of sp³-hybridized carbons (Fsp3) is 0.533. The molecular formula is C15H20O3. The molecule has 0 N–H and O–H groups in total. The summed E-state index contributed by atoms with van der Waals surface area (Å²) >= 11 is 0. The summed E-state index contributed by atoms with van der Waals surface area (Å²) in [6.45, 7) is 2.11. The predicted molar refractivity (Wildman–Crippen MR) is 69.8 cm³/mol. The highest BCUT2D eigenvalue weighted by Crippen LogP contribution is 2.49. The first-order valence-electron chi connectivity index (χ1n) is 6.39. The zero-order valence-corrected chi connectivity index (χ0v) is 11.3. The minimum atomic E-state index is -0.256. The van der Waals surface area contributed by atoms with Crippen LogP contribution in [-0.2, 0) is 22.4 Å². The van der Waals surface area contributed by atoms with E-state index in [0.717, 1.165) is 31.4 Å². The molecule has 0 aliphatic heterocycles. The number of hydrogen-bond acceptors (Lipinski definition) is 3. The molecule has 1 aliphatic carbocycles. The maximum Gasteiger partial charge on any atom is 0.312 e. The van der Waals surface area contributed by atoms with E-state index in [1.807, 2.05) is 12.1 Å². The van der Waals surface area contributed by atoms with Crippen molar-refractivity contribution in [3.05, 3.63) is 29.3 Å². The Balaban J connectivity index is 2.18. The predicted octanol–water partition coefficient (Wildman–Crippen LogP) is 2.75. The Morgan fingerprint density at radius 2 is 2.06 bits per heavy atom. The molecule has 0 saturated heterocycles. The number of carbonyl (C=O) groups excluding carboxylic acids is 1. The maximum atomic E-state index is 11.7. The van der Waals surface area contributed by atoms with Gasteiger partial charge in [-0.1, -0.05) is 19.1 Å². The van der Waals surface area contributed by atoms with Gasteiger partial charge >= 0.3 is 5.97 Å². The van der Waals surface area contributed by atoms with Gasteiger partial charge in [-0.25, -0.2) is 0 Å². The molecule has 0 aromatic heterocycles. The molecule has 0 bridgehead atoms. The molecule has 3 nitrogen and oxygen atoms in total. The Bertz CT molecular complexity index is 447. The summed E-state index contributed by atoms with van der Waals surface area (Å²) in [5, 5.41) is 0. The molecule has 3 heteroatoms. The molecule has 1 aromatic rings. The molecule has 0 heterocycles.